The number of hydrogen-bond donors (Lipinski definition) is 1. The van der Waals surface area contributed by atoms with Gasteiger partial charge in [-0.15, -0.1) is 11.3 Å². The first-order chi connectivity index (χ1) is 9.69. The van der Waals surface area contributed by atoms with Crippen LogP contribution in [0.5, 0.6) is 0 Å². The van der Waals surface area contributed by atoms with E-state index in [0.717, 1.165) is 30.6 Å². The van der Waals surface area contributed by atoms with Crippen LogP contribution in [0.1, 0.15) is 34.5 Å². The molecule has 3 rings (SSSR count). The molecule has 1 unspecified atom stereocenters. The third kappa shape index (κ3) is 2.51. The van der Waals surface area contributed by atoms with E-state index in [4.69, 9.17) is 5.73 Å². The molecule has 0 radical (unpaired) electrons. The predicted octanol–water partition coefficient (Wildman–Crippen LogP) is 3.47. The molecule has 0 saturated carbocycles. The van der Waals surface area contributed by atoms with Gasteiger partial charge in [-0.05, 0) is 53.6 Å². The van der Waals surface area contributed by atoms with Gasteiger partial charge in [-0.3, -0.25) is 4.90 Å². The molecule has 2 nitrogen and oxygen atoms in total. The molecule has 2 N–H and O–H groups in total. The lowest BCUT2D eigenvalue weighted by atomic mass is 9.99. The van der Waals surface area contributed by atoms with Crippen LogP contribution in [0.25, 0.3) is 0 Å². The van der Waals surface area contributed by atoms with Gasteiger partial charge in [-0.2, -0.15) is 0 Å². The van der Waals surface area contributed by atoms with E-state index in [0.29, 0.717) is 12.6 Å². The van der Waals surface area contributed by atoms with Gasteiger partial charge in [-0.1, -0.05) is 6.07 Å². The highest BCUT2D eigenvalue weighted by Crippen LogP contribution is 2.33. The molecule has 0 aliphatic carbocycles. The number of nitrogens with zero attached hydrogens (tertiary/aromatic N) is 1. The summed E-state index contributed by atoms with van der Waals surface area (Å²) in [7, 11) is 0. The van der Waals surface area contributed by atoms with Crippen molar-refractivity contribution in [2.24, 2.45) is 5.73 Å². The Morgan fingerprint density at radius 3 is 3.00 bits per heavy atom. The second-order valence-electron chi connectivity index (χ2n) is 5.31. The van der Waals surface area contributed by atoms with Crippen LogP contribution in [0.3, 0.4) is 0 Å². The van der Waals surface area contributed by atoms with E-state index >= 15 is 0 Å². The van der Waals surface area contributed by atoms with E-state index < -0.39 is 0 Å². The topological polar surface area (TPSA) is 29.3 Å². The van der Waals surface area contributed by atoms with E-state index in [9.17, 15) is 4.39 Å². The zero-order valence-corrected chi connectivity index (χ0v) is 12.4. The van der Waals surface area contributed by atoms with Crippen LogP contribution in [-0.4, -0.2) is 11.4 Å². The summed E-state index contributed by atoms with van der Waals surface area (Å²) >= 11 is 1.85. The van der Waals surface area contributed by atoms with Gasteiger partial charge in [0.25, 0.3) is 0 Å². The van der Waals surface area contributed by atoms with Crippen molar-refractivity contribution in [3.05, 3.63) is 57.0 Å². The molecule has 0 amide bonds. The molecule has 20 heavy (non-hydrogen) atoms. The molecule has 0 saturated heterocycles. The van der Waals surface area contributed by atoms with Gasteiger partial charge in [0, 0.05) is 30.6 Å². The molecule has 0 spiro atoms. The van der Waals surface area contributed by atoms with Crippen molar-refractivity contribution < 1.29 is 4.39 Å². The number of hydrogen-bond acceptors (Lipinski definition) is 3. The monoisotopic (exact) mass is 290 g/mol. The Morgan fingerprint density at radius 2 is 2.20 bits per heavy atom. The van der Waals surface area contributed by atoms with Gasteiger partial charge in [0.05, 0.1) is 0 Å². The summed E-state index contributed by atoms with van der Waals surface area (Å²) in [6, 6.07) is 7.60. The van der Waals surface area contributed by atoms with Crippen LogP contribution in [-0.2, 0) is 19.5 Å². The Kier molecular flexibility index (Phi) is 3.87. The SMILES string of the molecule is CC1c2ccsc2CCN1Cc1ccc(F)cc1CN. The minimum Gasteiger partial charge on any atom is -0.326 e. The average molecular weight is 290 g/mol. The third-order valence-corrected chi connectivity index (χ3v) is 5.16. The maximum Gasteiger partial charge on any atom is 0.123 e. The van der Waals surface area contributed by atoms with Crippen molar-refractivity contribution in [3.63, 3.8) is 0 Å². The highest BCUT2D eigenvalue weighted by molar-refractivity contribution is 7.10. The standard InChI is InChI=1S/C16H19FN2S/c1-11-15-5-7-20-16(15)4-6-19(11)10-12-2-3-14(17)8-13(12)9-18/h2-3,5,7-8,11H,4,6,9-10,18H2,1H3. The largest absolute Gasteiger partial charge is 0.326 e. The first-order valence-corrected chi connectivity index (χ1v) is 7.84. The van der Waals surface area contributed by atoms with Gasteiger partial charge in [0.1, 0.15) is 5.82 Å². The Bertz CT molecular complexity index is 608. The molecule has 0 fully saturated rings. The molecule has 1 aliphatic heterocycles. The lowest BCUT2D eigenvalue weighted by molar-refractivity contribution is 0.191. The van der Waals surface area contributed by atoms with Gasteiger partial charge in [-0.25, -0.2) is 4.39 Å². The highest BCUT2D eigenvalue weighted by Gasteiger charge is 2.25. The summed E-state index contributed by atoms with van der Waals surface area (Å²) in [4.78, 5) is 3.95. The van der Waals surface area contributed by atoms with Crippen LogP contribution >= 0.6 is 11.3 Å². The minimum atomic E-state index is -0.207. The first-order valence-electron chi connectivity index (χ1n) is 6.96. The van der Waals surface area contributed by atoms with Crippen LogP contribution < -0.4 is 5.73 Å². The van der Waals surface area contributed by atoms with Gasteiger partial charge in [0.15, 0.2) is 0 Å². The van der Waals surface area contributed by atoms with Gasteiger partial charge < -0.3 is 5.73 Å². The van der Waals surface area contributed by atoms with Crippen molar-refractivity contribution in [1.82, 2.24) is 4.90 Å². The number of halogens is 1. The summed E-state index contributed by atoms with van der Waals surface area (Å²) in [5.74, 6) is -0.207. The lowest BCUT2D eigenvalue weighted by Gasteiger charge is -2.34. The zero-order valence-electron chi connectivity index (χ0n) is 11.6. The molecule has 1 atom stereocenters. The maximum absolute atomic E-state index is 13.3. The number of nitrogens with two attached hydrogens (primary N) is 1. The Labute approximate surface area is 123 Å². The summed E-state index contributed by atoms with van der Waals surface area (Å²) in [6.07, 6.45) is 1.11. The quantitative estimate of drug-likeness (QED) is 0.938. The predicted molar refractivity (Wildman–Crippen MR) is 81.1 cm³/mol. The van der Waals surface area contributed by atoms with Crippen LogP contribution in [0.15, 0.2) is 29.6 Å². The molecule has 1 aromatic carbocycles. The van der Waals surface area contributed by atoms with Crippen LogP contribution in [0.2, 0.25) is 0 Å². The fourth-order valence-corrected chi connectivity index (χ4v) is 3.90. The fourth-order valence-electron chi connectivity index (χ4n) is 2.94. The van der Waals surface area contributed by atoms with E-state index in [1.54, 1.807) is 6.07 Å². The number of thiophene rings is 1. The second kappa shape index (κ2) is 5.64. The first kappa shape index (κ1) is 13.7. The lowest BCUT2D eigenvalue weighted by Crippen LogP contribution is -2.33. The zero-order chi connectivity index (χ0) is 14.1. The number of benzene rings is 1. The smallest absolute Gasteiger partial charge is 0.123 e. The highest BCUT2D eigenvalue weighted by atomic mass is 32.1. The van der Waals surface area contributed by atoms with Crippen molar-refractivity contribution in [2.45, 2.75) is 32.5 Å². The molecule has 106 valence electrons. The average Bonchev–Trinajstić information content (AvgIpc) is 2.93. The Morgan fingerprint density at radius 1 is 1.35 bits per heavy atom. The molecular weight excluding hydrogens is 271 g/mol. The summed E-state index contributed by atoms with van der Waals surface area (Å²) in [6.45, 7) is 4.52. The summed E-state index contributed by atoms with van der Waals surface area (Å²) in [5.41, 5.74) is 9.23. The Hall–Kier alpha value is -1.23. The maximum atomic E-state index is 13.3. The minimum absolute atomic E-state index is 0.207. The van der Waals surface area contributed by atoms with Crippen molar-refractivity contribution in [1.29, 1.82) is 0 Å². The van der Waals surface area contributed by atoms with Crippen molar-refractivity contribution in [3.8, 4) is 0 Å². The molecule has 4 heteroatoms. The van der Waals surface area contributed by atoms with Gasteiger partial charge >= 0.3 is 0 Å². The van der Waals surface area contributed by atoms with E-state index in [-0.39, 0.29) is 5.82 Å². The van der Waals surface area contributed by atoms with Crippen LogP contribution in [0.4, 0.5) is 4.39 Å². The Balaban J connectivity index is 1.82. The van der Waals surface area contributed by atoms with Crippen molar-refractivity contribution in [2.75, 3.05) is 6.54 Å². The van der Waals surface area contributed by atoms with E-state index in [1.165, 1.54) is 16.5 Å². The third-order valence-electron chi connectivity index (χ3n) is 4.17. The van der Waals surface area contributed by atoms with E-state index in [1.807, 2.05) is 17.4 Å². The van der Waals surface area contributed by atoms with E-state index in [2.05, 4.69) is 23.3 Å². The summed E-state index contributed by atoms with van der Waals surface area (Å²) < 4.78 is 13.3. The molecule has 1 aliphatic rings. The number of fused-ring (bicyclic) bond motifs is 1. The normalized spacial score (nSPS) is 19.1. The molecular formula is C16H19FN2S. The van der Waals surface area contributed by atoms with Crippen molar-refractivity contribution >= 4 is 11.3 Å². The molecule has 2 heterocycles. The molecule has 1 aromatic heterocycles. The van der Waals surface area contributed by atoms with Gasteiger partial charge in [0.2, 0.25) is 0 Å². The van der Waals surface area contributed by atoms with Crippen LogP contribution in [0, 0.1) is 5.82 Å². The summed E-state index contributed by atoms with van der Waals surface area (Å²) in [5, 5.41) is 2.17. The molecule has 2 aromatic rings. The second-order valence-corrected chi connectivity index (χ2v) is 6.31. The number of rotatable bonds is 3. The fraction of sp³-hybridized carbons (Fsp3) is 0.375. The molecule has 0 bridgehead atoms.